The van der Waals surface area contributed by atoms with Crippen LogP contribution in [0.5, 0.6) is 0 Å². The molecule has 0 unspecified atom stereocenters. The van der Waals surface area contributed by atoms with E-state index in [1.165, 1.54) is 0 Å². The summed E-state index contributed by atoms with van der Waals surface area (Å²) in [5, 5.41) is 6.25. The van der Waals surface area contributed by atoms with Gasteiger partial charge in [0.05, 0.1) is 0 Å². The Labute approximate surface area is 30.3 Å². The quantitative estimate of drug-likeness (QED) is 0.367. The zero-order valence-electron chi connectivity index (χ0n) is 2.77. The van der Waals surface area contributed by atoms with Gasteiger partial charge >= 0.3 is 0 Å². The summed E-state index contributed by atoms with van der Waals surface area (Å²) in [6.07, 6.45) is 2.00. The van der Waals surface area contributed by atoms with Gasteiger partial charge in [-0.15, -0.1) is 0 Å². The van der Waals surface area contributed by atoms with Crippen molar-refractivity contribution in [2.75, 3.05) is 0 Å². The smallest absolute Gasteiger partial charge is 0.125 e. The van der Waals surface area contributed by atoms with Crippen LogP contribution < -0.4 is 0 Å². The van der Waals surface area contributed by atoms with Gasteiger partial charge in [-0.3, -0.25) is 0 Å². The molecule has 0 amide bonds. The van der Waals surface area contributed by atoms with Crippen LogP contribution in [0.4, 0.5) is 0 Å². The number of rotatable bonds is 2. The van der Waals surface area contributed by atoms with Gasteiger partial charge in [0.15, 0.2) is 0 Å². The summed E-state index contributed by atoms with van der Waals surface area (Å²) in [6.45, 7) is 0. The van der Waals surface area contributed by atoms with Crippen molar-refractivity contribution in [3.05, 3.63) is 0 Å². The Balaban J connectivity index is 2.65. The number of hydrogen-bond donors (Lipinski definition) is 1. The van der Waals surface area contributed by atoms with E-state index in [0.717, 1.165) is 6.21 Å². The number of nitrogens with one attached hydrogen (secondary N) is 1. The van der Waals surface area contributed by atoms with Gasteiger partial charge in [0.1, 0.15) is 6.29 Å². The highest BCUT2D eigenvalue weighted by Crippen LogP contribution is 1.51. The lowest BCUT2D eigenvalue weighted by molar-refractivity contribution is -0.106. The van der Waals surface area contributed by atoms with E-state index in [1.54, 1.807) is 0 Å². The normalized spacial score (nSPS) is 6.40. The molecule has 5 heavy (non-hydrogen) atoms. The fourth-order valence-electron chi connectivity index (χ4n) is 0.0481. The van der Waals surface area contributed by atoms with Crippen molar-refractivity contribution in [1.82, 2.24) is 0 Å². The van der Waals surface area contributed by atoms with Gasteiger partial charge in [0.25, 0.3) is 0 Å². The van der Waals surface area contributed by atoms with Gasteiger partial charge in [0, 0.05) is 12.6 Å². The molecule has 0 atom stereocenters. The first-order valence-corrected chi connectivity index (χ1v) is 1.34. The summed E-state index contributed by atoms with van der Waals surface area (Å²) in [6, 6.07) is 0. The van der Waals surface area contributed by atoms with Gasteiger partial charge in [-0.1, -0.05) is 0 Å². The highest BCUT2D eigenvalue weighted by molar-refractivity contribution is 5.73. The lowest BCUT2D eigenvalue weighted by atomic mass is 10.5. The van der Waals surface area contributed by atoms with Crippen molar-refractivity contribution in [3.8, 4) is 0 Å². The molecule has 1 N–H and O–H groups in total. The van der Waals surface area contributed by atoms with E-state index < -0.39 is 0 Å². The molecular formula is C3H5NO. The van der Waals surface area contributed by atoms with Crippen molar-refractivity contribution in [2.45, 2.75) is 6.42 Å². The molecule has 0 rings (SSSR count). The molecule has 0 saturated heterocycles. The standard InChI is InChI=1S/C3H5NO/c4-2-1-3-5/h2-4H,1H2. The zero-order valence-corrected chi connectivity index (χ0v) is 2.77. The van der Waals surface area contributed by atoms with Crippen LogP contribution in [0.1, 0.15) is 6.42 Å². The average molecular weight is 71.1 g/mol. The number of aldehydes is 1. The van der Waals surface area contributed by atoms with Gasteiger partial charge in [0.2, 0.25) is 0 Å². The number of hydrogen-bond acceptors (Lipinski definition) is 2. The van der Waals surface area contributed by atoms with Crippen LogP contribution >= 0.6 is 0 Å². The van der Waals surface area contributed by atoms with Gasteiger partial charge < -0.3 is 10.2 Å². The fraction of sp³-hybridized carbons (Fsp3) is 0.333. The Bertz CT molecular complexity index is 36.2. The van der Waals surface area contributed by atoms with Crippen LogP contribution in [-0.4, -0.2) is 12.5 Å². The Hall–Kier alpha value is -0.660. The minimum Gasteiger partial charge on any atom is -0.313 e. The largest absolute Gasteiger partial charge is 0.313 e. The molecule has 0 heterocycles. The topological polar surface area (TPSA) is 40.9 Å². The van der Waals surface area contributed by atoms with Crippen LogP contribution in [0.3, 0.4) is 0 Å². The molecule has 0 fully saturated rings. The molecule has 2 nitrogen and oxygen atoms in total. The maximum Gasteiger partial charge on any atom is 0.125 e. The highest BCUT2D eigenvalue weighted by atomic mass is 16.1. The third-order valence-electron chi connectivity index (χ3n) is 0.214. The second-order valence-corrected chi connectivity index (χ2v) is 0.606. The summed E-state index contributed by atoms with van der Waals surface area (Å²) in [5.41, 5.74) is 0. The first kappa shape index (κ1) is 4.34. The molecular weight excluding hydrogens is 66.0 g/mol. The highest BCUT2D eigenvalue weighted by Gasteiger charge is 1.61. The average Bonchev–Trinajstić information content (AvgIpc) is 1.41. The monoisotopic (exact) mass is 71.0 g/mol. The van der Waals surface area contributed by atoms with E-state index in [4.69, 9.17) is 5.41 Å². The van der Waals surface area contributed by atoms with Crippen molar-refractivity contribution in [3.63, 3.8) is 0 Å². The van der Waals surface area contributed by atoms with Crippen molar-refractivity contribution in [2.24, 2.45) is 0 Å². The third kappa shape index (κ3) is 3.34. The van der Waals surface area contributed by atoms with Crippen LogP contribution in [-0.2, 0) is 4.79 Å². The lowest BCUT2D eigenvalue weighted by Crippen LogP contribution is -1.68. The molecule has 28 valence electrons. The Morgan fingerprint density at radius 2 is 2.40 bits per heavy atom. The van der Waals surface area contributed by atoms with Crippen molar-refractivity contribution >= 4 is 12.5 Å². The first-order chi connectivity index (χ1) is 2.41. The molecule has 0 spiro atoms. The first-order valence-electron chi connectivity index (χ1n) is 1.34. The summed E-state index contributed by atoms with van der Waals surface area (Å²) in [4.78, 5) is 9.25. The van der Waals surface area contributed by atoms with E-state index in [1.807, 2.05) is 0 Å². The predicted octanol–water partition coefficient (Wildman–Crippen LogP) is 0.225. The SMILES string of the molecule is N=CCC=O. The lowest BCUT2D eigenvalue weighted by Gasteiger charge is -1.57. The summed E-state index contributed by atoms with van der Waals surface area (Å²) in [5.74, 6) is 0. The molecule has 0 aliphatic rings. The number of carbonyl (C=O) groups is 1. The Morgan fingerprint density at radius 1 is 1.80 bits per heavy atom. The van der Waals surface area contributed by atoms with Gasteiger partial charge in [-0.25, -0.2) is 0 Å². The Morgan fingerprint density at radius 3 is 2.40 bits per heavy atom. The molecule has 0 aromatic rings. The van der Waals surface area contributed by atoms with Crippen molar-refractivity contribution < 1.29 is 4.79 Å². The van der Waals surface area contributed by atoms with Crippen LogP contribution in [0, 0.1) is 5.41 Å². The maximum atomic E-state index is 9.25. The van der Waals surface area contributed by atoms with E-state index in [2.05, 4.69) is 0 Å². The fourth-order valence-corrected chi connectivity index (χ4v) is 0.0481. The molecule has 0 saturated carbocycles. The second-order valence-electron chi connectivity index (χ2n) is 0.606. The van der Waals surface area contributed by atoms with E-state index >= 15 is 0 Å². The summed E-state index contributed by atoms with van der Waals surface area (Å²) in [7, 11) is 0. The molecule has 0 aliphatic carbocycles. The van der Waals surface area contributed by atoms with E-state index in [9.17, 15) is 4.79 Å². The zero-order chi connectivity index (χ0) is 4.12. The molecule has 0 aromatic carbocycles. The molecule has 0 aliphatic heterocycles. The summed E-state index contributed by atoms with van der Waals surface area (Å²) >= 11 is 0. The van der Waals surface area contributed by atoms with E-state index in [-0.39, 0.29) is 6.42 Å². The number of carbonyl (C=O) groups excluding carboxylic acids is 1. The van der Waals surface area contributed by atoms with E-state index in [0.29, 0.717) is 6.29 Å². The minimum absolute atomic E-state index is 0.250. The third-order valence-corrected chi connectivity index (χ3v) is 0.214. The maximum absolute atomic E-state index is 9.25. The predicted molar refractivity (Wildman–Crippen MR) is 19.5 cm³/mol. The molecule has 0 radical (unpaired) electrons. The van der Waals surface area contributed by atoms with Crippen LogP contribution in [0.25, 0.3) is 0 Å². The van der Waals surface area contributed by atoms with Crippen LogP contribution in [0.15, 0.2) is 0 Å². The molecule has 2 heteroatoms. The van der Waals surface area contributed by atoms with Gasteiger partial charge in [-0.05, 0) is 0 Å². The summed E-state index contributed by atoms with van der Waals surface area (Å²) < 4.78 is 0. The van der Waals surface area contributed by atoms with Crippen LogP contribution in [0.2, 0.25) is 0 Å². The minimum atomic E-state index is 0.250. The second kappa shape index (κ2) is 3.34. The van der Waals surface area contributed by atoms with Crippen molar-refractivity contribution in [1.29, 1.82) is 5.41 Å². The molecule has 0 aromatic heterocycles. The van der Waals surface area contributed by atoms with Gasteiger partial charge in [-0.2, -0.15) is 0 Å². The molecule has 0 bridgehead atoms. The Kier molecular flexibility index (Phi) is 2.90.